The number of thioether (sulfide) groups is 1. The summed E-state index contributed by atoms with van der Waals surface area (Å²) in [4.78, 5) is 43.5. The van der Waals surface area contributed by atoms with Gasteiger partial charge in [-0.3, -0.25) is 14.4 Å². The van der Waals surface area contributed by atoms with E-state index in [1.165, 1.54) is 13.2 Å². The fourth-order valence-electron chi connectivity index (χ4n) is 3.08. The number of ether oxygens (including phenoxy) is 2. The predicted molar refractivity (Wildman–Crippen MR) is 131 cm³/mol. The first-order valence-electron chi connectivity index (χ1n) is 10.5. The summed E-state index contributed by atoms with van der Waals surface area (Å²) in [6.07, 6.45) is 0.687. The van der Waals surface area contributed by atoms with Crippen LogP contribution >= 0.6 is 11.8 Å². The Morgan fingerprint density at radius 1 is 1.03 bits per heavy atom. The van der Waals surface area contributed by atoms with Gasteiger partial charge in [0.15, 0.2) is 5.16 Å². The van der Waals surface area contributed by atoms with Gasteiger partial charge in [-0.1, -0.05) is 42.1 Å². The lowest BCUT2D eigenvalue weighted by Gasteiger charge is -2.11. The van der Waals surface area contributed by atoms with Crippen LogP contribution in [0.2, 0.25) is 0 Å². The van der Waals surface area contributed by atoms with Crippen molar-refractivity contribution < 1.29 is 19.1 Å². The van der Waals surface area contributed by atoms with E-state index in [1.54, 1.807) is 25.3 Å². The van der Waals surface area contributed by atoms with E-state index in [2.05, 4.69) is 20.6 Å². The van der Waals surface area contributed by atoms with Crippen molar-refractivity contribution >= 4 is 29.3 Å². The molecular formula is C24H26N4O5S. The first-order valence-corrected chi connectivity index (χ1v) is 11.5. The van der Waals surface area contributed by atoms with Crippen molar-refractivity contribution in [2.45, 2.75) is 18.0 Å². The molecule has 0 saturated carbocycles. The van der Waals surface area contributed by atoms with E-state index in [1.807, 2.05) is 30.3 Å². The number of hydrogen-bond donors (Lipinski definition) is 3. The molecular weight excluding hydrogens is 456 g/mol. The Bertz CT molecular complexity index is 1180. The van der Waals surface area contributed by atoms with Gasteiger partial charge in [0.25, 0.3) is 5.56 Å². The van der Waals surface area contributed by atoms with Gasteiger partial charge >= 0.3 is 0 Å². The molecule has 2 amide bonds. The highest BCUT2D eigenvalue weighted by atomic mass is 32.2. The van der Waals surface area contributed by atoms with Crippen LogP contribution in [-0.2, 0) is 22.4 Å². The summed E-state index contributed by atoms with van der Waals surface area (Å²) in [7, 11) is 3.04. The number of carbonyl (C=O) groups is 2. The molecule has 0 radical (unpaired) electrons. The molecule has 178 valence electrons. The van der Waals surface area contributed by atoms with Crippen molar-refractivity contribution in [1.29, 1.82) is 0 Å². The number of amides is 2. The predicted octanol–water partition coefficient (Wildman–Crippen LogP) is 2.42. The van der Waals surface area contributed by atoms with Gasteiger partial charge in [-0.15, -0.1) is 0 Å². The maximum atomic E-state index is 12.4. The third-order valence-corrected chi connectivity index (χ3v) is 5.59. The van der Waals surface area contributed by atoms with Crippen LogP contribution in [0.4, 0.5) is 5.69 Å². The van der Waals surface area contributed by atoms with Crippen molar-refractivity contribution in [1.82, 2.24) is 15.3 Å². The number of aromatic nitrogens is 2. The summed E-state index contributed by atoms with van der Waals surface area (Å²) in [6.45, 7) is 0.489. The van der Waals surface area contributed by atoms with Crippen molar-refractivity contribution in [3.05, 3.63) is 76.2 Å². The minimum Gasteiger partial charge on any atom is -0.497 e. The van der Waals surface area contributed by atoms with Gasteiger partial charge in [-0.25, -0.2) is 4.98 Å². The number of aromatic amines is 1. The average Bonchev–Trinajstić information content (AvgIpc) is 2.83. The van der Waals surface area contributed by atoms with Crippen LogP contribution in [0.1, 0.15) is 11.3 Å². The number of anilines is 1. The number of carbonyl (C=O) groups excluding carboxylic acids is 2. The normalized spacial score (nSPS) is 10.4. The van der Waals surface area contributed by atoms with E-state index in [0.29, 0.717) is 35.8 Å². The monoisotopic (exact) mass is 482 g/mol. The molecule has 0 bridgehead atoms. The van der Waals surface area contributed by atoms with Crippen LogP contribution in [0.3, 0.4) is 0 Å². The molecule has 0 aliphatic carbocycles. The maximum Gasteiger partial charge on any atom is 0.251 e. The lowest BCUT2D eigenvalue weighted by Crippen LogP contribution is -2.28. The standard InChI is InChI=1S/C24H26N4O5S/c1-32-18-8-9-19(20(14-18)33-2)27-23(31)15-34-24-26-17(13-22(30)28-24)12-21(29)25-11-10-16-6-4-3-5-7-16/h3-9,13-14H,10-12,15H2,1-2H3,(H,25,29)(H,27,31)(H,26,28,30). The highest BCUT2D eigenvalue weighted by Gasteiger charge is 2.12. The van der Waals surface area contributed by atoms with Crippen molar-refractivity contribution in [3.63, 3.8) is 0 Å². The van der Waals surface area contributed by atoms with Crippen LogP contribution < -0.4 is 25.7 Å². The highest BCUT2D eigenvalue weighted by molar-refractivity contribution is 7.99. The van der Waals surface area contributed by atoms with E-state index in [0.717, 1.165) is 17.3 Å². The van der Waals surface area contributed by atoms with Crippen LogP contribution in [0, 0.1) is 0 Å². The molecule has 0 fully saturated rings. The topological polar surface area (TPSA) is 122 Å². The third kappa shape index (κ3) is 7.66. The Balaban J connectivity index is 1.52. The second kappa shape index (κ2) is 12.4. The van der Waals surface area contributed by atoms with Gasteiger partial charge in [-0.2, -0.15) is 0 Å². The fourth-order valence-corrected chi connectivity index (χ4v) is 3.78. The molecule has 1 heterocycles. The minimum absolute atomic E-state index is 0.00481. The molecule has 3 rings (SSSR count). The van der Waals surface area contributed by atoms with Crippen LogP contribution in [0.5, 0.6) is 11.5 Å². The number of benzene rings is 2. The molecule has 0 aliphatic heterocycles. The van der Waals surface area contributed by atoms with Gasteiger partial charge in [0.2, 0.25) is 11.8 Å². The van der Waals surface area contributed by atoms with Crippen LogP contribution in [-0.4, -0.2) is 48.3 Å². The molecule has 3 aromatic rings. The maximum absolute atomic E-state index is 12.4. The molecule has 10 heteroatoms. The molecule has 0 atom stereocenters. The Kier molecular flexibility index (Phi) is 9.10. The Hall–Kier alpha value is -3.79. The summed E-state index contributed by atoms with van der Waals surface area (Å²) in [6, 6.07) is 16.2. The van der Waals surface area contributed by atoms with E-state index >= 15 is 0 Å². The SMILES string of the molecule is COc1ccc(NC(=O)CSc2nc(CC(=O)NCCc3ccccc3)cc(=O)[nH]2)c(OC)c1. The number of methoxy groups -OCH3 is 2. The van der Waals surface area contributed by atoms with E-state index in [9.17, 15) is 14.4 Å². The quantitative estimate of drug-likeness (QED) is 0.283. The third-order valence-electron chi connectivity index (χ3n) is 4.72. The molecule has 2 aromatic carbocycles. The second-order valence-electron chi connectivity index (χ2n) is 7.21. The number of nitrogens with zero attached hydrogens (tertiary/aromatic N) is 1. The molecule has 3 N–H and O–H groups in total. The highest BCUT2D eigenvalue weighted by Crippen LogP contribution is 2.29. The smallest absolute Gasteiger partial charge is 0.251 e. The Labute approximate surface area is 201 Å². The number of nitrogens with one attached hydrogen (secondary N) is 3. The first-order chi connectivity index (χ1) is 16.5. The molecule has 0 saturated heterocycles. The van der Waals surface area contributed by atoms with E-state index in [4.69, 9.17) is 9.47 Å². The summed E-state index contributed by atoms with van der Waals surface area (Å²) in [5.74, 6) is 0.538. The lowest BCUT2D eigenvalue weighted by atomic mass is 10.1. The van der Waals surface area contributed by atoms with Crippen molar-refractivity contribution in [3.8, 4) is 11.5 Å². The fraction of sp³-hybridized carbons (Fsp3) is 0.250. The van der Waals surface area contributed by atoms with Crippen LogP contribution in [0.25, 0.3) is 0 Å². The zero-order chi connectivity index (χ0) is 24.3. The molecule has 0 aliphatic rings. The molecule has 1 aromatic heterocycles. The summed E-state index contributed by atoms with van der Waals surface area (Å²) in [5.41, 5.74) is 1.57. The van der Waals surface area contributed by atoms with Gasteiger partial charge in [-0.05, 0) is 24.1 Å². The van der Waals surface area contributed by atoms with Gasteiger partial charge in [0, 0.05) is 18.7 Å². The number of H-pyrrole nitrogens is 1. The summed E-state index contributed by atoms with van der Waals surface area (Å²) >= 11 is 1.06. The summed E-state index contributed by atoms with van der Waals surface area (Å²) < 4.78 is 10.4. The van der Waals surface area contributed by atoms with Crippen molar-refractivity contribution in [2.24, 2.45) is 0 Å². The molecule has 0 spiro atoms. The van der Waals surface area contributed by atoms with E-state index in [-0.39, 0.29) is 34.7 Å². The minimum atomic E-state index is -0.387. The zero-order valence-electron chi connectivity index (χ0n) is 18.9. The summed E-state index contributed by atoms with van der Waals surface area (Å²) in [5, 5.41) is 5.85. The van der Waals surface area contributed by atoms with Gasteiger partial charge in [0.1, 0.15) is 11.5 Å². The van der Waals surface area contributed by atoms with Crippen molar-refractivity contribution in [2.75, 3.05) is 31.8 Å². The number of hydrogen-bond acceptors (Lipinski definition) is 7. The van der Waals surface area contributed by atoms with E-state index < -0.39 is 0 Å². The van der Waals surface area contributed by atoms with Crippen LogP contribution in [0.15, 0.2) is 64.5 Å². The molecule has 34 heavy (non-hydrogen) atoms. The zero-order valence-corrected chi connectivity index (χ0v) is 19.7. The second-order valence-corrected chi connectivity index (χ2v) is 8.17. The lowest BCUT2D eigenvalue weighted by molar-refractivity contribution is -0.120. The molecule has 9 nitrogen and oxygen atoms in total. The van der Waals surface area contributed by atoms with Gasteiger partial charge in [0.05, 0.1) is 37.8 Å². The largest absolute Gasteiger partial charge is 0.497 e. The Morgan fingerprint density at radius 3 is 2.56 bits per heavy atom. The van der Waals surface area contributed by atoms with Gasteiger partial charge < -0.3 is 25.1 Å². The number of rotatable bonds is 11. The first kappa shape index (κ1) is 24.8. The Morgan fingerprint density at radius 2 is 1.82 bits per heavy atom. The molecule has 0 unspecified atom stereocenters. The average molecular weight is 483 g/mol.